The third-order valence-corrected chi connectivity index (χ3v) is 2.24. The molecule has 0 amide bonds. The maximum absolute atomic E-state index is 5.75. The van der Waals surface area contributed by atoms with Gasteiger partial charge in [0.25, 0.3) is 0 Å². The quantitative estimate of drug-likeness (QED) is 0.627. The Hall–Kier alpha value is -1.22. The summed E-state index contributed by atoms with van der Waals surface area (Å²) in [6, 6.07) is 5.95. The molecule has 1 heterocycles. The Labute approximate surface area is 71.7 Å². The van der Waals surface area contributed by atoms with E-state index in [-0.39, 0.29) is 0 Å². The average molecular weight is 164 g/mol. The van der Waals surface area contributed by atoms with Crippen molar-refractivity contribution in [3.63, 3.8) is 0 Å². The molecule has 0 aromatic heterocycles. The molecule has 3 heteroatoms. The van der Waals surface area contributed by atoms with Gasteiger partial charge in [0.05, 0.1) is 12.8 Å². The number of hydrogen-bond donors (Lipinski definition) is 1. The number of rotatable bonds is 1. The van der Waals surface area contributed by atoms with Crippen LogP contribution in [0.25, 0.3) is 0 Å². The standard InChI is InChI=1S/C9H12N2O/c1-12-9-4-2-3-8-7(9)5-6-11(8)10/h2-4H,5-6,10H2,1H3. The van der Waals surface area contributed by atoms with Crippen LogP contribution in [0, 0.1) is 0 Å². The second-order valence-electron chi connectivity index (χ2n) is 2.90. The number of hydrogen-bond acceptors (Lipinski definition) is 3. The summed E-state index contributed by atoms with van der Waals surface area (Å²) in [4.78, 5) is 0. The lowest BCUT2D eigenvalue weighted by Gasteiger charge is -2.11. The van der Waals surface area contributed by atoms with Crippen molar-refractivity contribution in [1.82, 2.24) is 0 Å². The molecule has 0 saturated carbocycles. The number of nitrogens with zero attached hydrogens (tertiary/aromatic N) is 1. The van der Waals surface area contributed by atoms with Crippen molar-refractivity contribution in [3.05, 3.63) is 23.8 Å². The molecule has 1 aromatic rings. The van der Waals surface area contributed by atoms with Crippen LogP contribution in [0.2, 0.25) is 0 Å². The molecule has 0 saturated heterocycles. The summed E-state index contributed by atoms with van der Waals surface area (Å²) in [5.74, 6) is 6.69. The molecule has 12 heavy (non-hydrogen) atoms. The van der Waals surface area contributed by atoms with Crippen molar-refractivity contribution < 1.29 is 4.74 Å². The molecule has 0 spiro atoms. The molecule has 1 aromatic carbocycles. The summed E-state index contributed by atoms with van der Waals surface area (Å²) < 4.78 is 5.22. The van der Waals surface area contributed by atoms with Gasteiger partial charge < -0.3 is 9.75 Å². The number of benzene rings is 1. The maximum atomic E-state index is 5.75. The summed E-state index contributed by atoms with van der Waals surface area (Å²) in [6.07, 6.45) is 0.982. The number of hydrazine groups is 1. The van der Waals surface area contributed by atoms with Gasteiger partial charge in [0.1, 0.15) is 5.75 Å². The van der Waals surface area contributed by atoms with Crippen LogP contribution < -0.4 is 15.6 Å². The lowest BCUT2D eigenvalue weighted by atomic mass is 10.1. The van der Waals surface area contributed by atoms with Crippen LogP contribution >= 0.6 is 0 Å². The van der Waals surface area contributed by atoms with Gasteiger partial charge in [0, 0.05) is 12.1 Å². The van der Waals surface area contributed by atoms with Gasteiger partial charge in [0.2, 0.25) is 0 Å². The molecule has 3 nitrogen and oxygen atoms in total. The number of nitrogens with two attached hydrogens (primary N) is 1. The highest BCUT2D eigenvalue weighted by Crippen LogP contribution is 2.32. The molecule has 0 radical (unpaired) electrons. The largest absolute Gasteiger partial charge is 0.496 e. The van der Waals surface area contributed by atoms with Crippen LogP contribution in [-0.2, 0) is 6.42 Å². The fraction of sp³-hybridized carbons (Fsp3) is 0.333. The third kappa shape index (κ3) is 0.940. The Balaban J connectivity index is 2.50. The van der Waals surface area contributed by atoms with Crippen molar-refractivity contribution in [1.29, 1.82) is 0 Å². The molecule has 1 aliphatic heterocycles. The zero-order chi connectivity index (χ0) is 8.55. The van der Waals surface area contributed by atoms with E-state index in [1.807, 2.05) is 18.2 Å². The molecule has 64 valence electrons. The average Bonchev–Trinajstić information content (AvgIpc) is 2.48. The van der Waals surface area contributed by atoms with Gasteiger partial charge >= 0.3 is 0 Å². The van der Waals surface area contributed by atoms with Crippen LogP contribution in [-0.4, -0.2) is 13.7 Å². The fourth-order valence-electron chi connectivity index (χ4n) is 1.62. The maximum Gasteiger partial charge on any atom is 0.124 e. The summed E-state index contributed by atoms with van der Waals surface area (Å²) in [5, 5.41) is 1.76. The molecule has 2 rings (SSSR count). The van der Waals surface area contributed by atoms with E-state index in [0.29, 0.717) is 0 Å². The molecule has 1 aliphatic rings. The van der Waals surface area contributed by atoms with E-state index in [0.717, 1.165) is 24.4 Å². The Morgan fingerprint density at radius 3 is 3.08 bits per heavy atom. The first-order chi connectivity index (χ1) is 5.83. The highest BCUT2D eigenvalue weighted by molar-refractivity contribution is 5.62. The normalized spacial score (nSPS) is 14.7. The Morgan fingerprint density at radius 1 is 1.50 bits per heavy atom. The van der Waals surface area contributed by atoms with E-state index < -0.39 is 0 Å². The number of ether oxygens (including phenoxy) is 1. The minimum atomic E-state index is 0.885. The van der Waals surface area contributed by atoms with Gasteiger partial charge in [0.15, 0.2) is 0 Å². The van der Waals surface area contributed by atoms with Gasteiger partial charge in [-0.05, 0) is 18.6 Å². The first-order valence-corrected chi connectivity index (χ1v) is 4.01. The highest BCUT2D eigenvalue weighted by atomic mass is 16.5. The van der Waals surface area contributed by atoms with Crippen molar-refractivity contribution in [3.8, 4) is 5.75 Å². The molecular formula is C9H12N2O. The van der Waals surface area contributed by atoms with Crippen LogP contribution in [0.4, 0.5) is 5.69 Å². The van der Waals surface area contributed by atoms with E-state index in [9.17, 15) is 0 Å². The Morgan fingerprint density at radius 2 is 2.33 bits per heavy atom. The predicted molar refractivity (Wildman–Crippen MR) is 48.2 cm³/mol. The van der Waals surface area contributed by atoms with Gasteiger partial charge in [-0.1, -0.05) is 6.07 Å². The SMILES string of the molecule is COc1cccc2c1CCN2N. The van der Waals surface area contributed by atoms with E-state index in [1.165, 1.54) is 5.56 Å². The first-order valence-electron chi connectivity index (χ1n) is 4.01. The van der Waals surface area contributed by atoms with E-state index in [4.69, 9.17) is 10.6 Å². The molecule has 2 N–H and O–H groups in total. The predicted octanol–water partition coefficient (Wildman–Crippen LogP) is 0.931. The molecule has 0 unspecified atom stereocenters. The van der Waals surface area contributed by atoms with Crippen molar-refractivity contribution in [2.75, 3.05) is 18.7 Å². The lowest BCUT2D eigenvalue weighted by Crippen LogP contribution is -2.27. The van der Waals surface area contributed by atoms with E-state index >= 15 is 0 Å². The number of fused-ring (bicyclic) bond motifs is 1. The van der Waals surface area contributed by atoms with Crippen LogP contribution in [0.1, 0.15) is 5.56 Å². The summed E-state index contributed by atoms with van der Waals surface area (Å²) in [6.45, 7) is 0.885. The fourth-order valence-corrected chi connectivity index (χ4v) is 1.62. The van der Waals surface area contributed by atoms with E-state index in [2.05, 4.69) is 0 Å². The second kappa shape index (κ2) is 2.68. The summed E-state index contributed by atoms with van der Waals surface area (Å²) in [7, 11) is 1.69. The minimum Gasteiger partial charge on any atom is -0.496 e. The summed E-state index contributed by atoms with van der Waals surface area (Å²) in [5.41, 5.74) is 2.32. The monoisotopic (exact) mass is 164 g/mol. The third-order valence-electron chi connectivity index (χ3n) is 2.24. The van der Waals surface area contributed by atoms with Gasteiger partial charge in [-0.2, -0.15) is 0 Å². The summed E-state index contributed by atoms with van der Waals surface area (Å²) >= 11 is 0. The van der Waals surface area contributed by atoms with Gasteiger partial charge in [-0.3, -0.25) is 0 Å². The number of anilines is 1. The first kappa shape index (κ1) is 7.43. The molecule has 0 aliphatic carbocycles. The van der Waals surface area contributed by atoms with Gasteiger partial charge in [-0.15, -0.1) is 0 Å². The Kier molecular flexibility index (Phi) is 1.66. The topological polar surface area (TPSA) is 38.5 Å². The van der Waals surface area contributed by atoms with E-state index in [1.54, 1.807) is 12.1 Å². The molecule has 0 fully saturated rings. The zero-order valence-corrected chi connectivity index (χ0v) is 7.08. The second-order valence-corrected chi connectivity index (χ2v) is 2.90. The van der Waals surface area contributed by atoms with Gasteiger partial charge in [-0.25, -0.2) is 5.84 Å². The molecular weight excluding hydrogens is 152 g/mol. The lowest BCUT2D eigenvalue weighted by molar-refractivity contribution is 0.411. The highest BCUT2D eigenvalue weighted by Gasteiger charge is 2.19. The van der Waals surface area contributed by atoms with Crippen LogP contribution in [0.5, 0.6) is 5.75 Å². The smallest absolute Gasteiger partial charge is 0.124 e. The Bertz CT molecular complexity index is 299. The van der Waals surface area contributed by atoms with Crippen molar-refractivity contribution in [2.24, 2.45) is 5.84 Å². The van der Waals surface area contributed by atoms with Crippen molar-refractivity contribution >= 4 is 5.69 Å². The molecule has 0 atom stereocenters. The van der Waals surface area contributed by atoms with Crippen LogP contribution in [0.3, 0.4) is 0 Å². The number of methoxy groups -OCH3 is 1. The zero-order valence-electron chi connectivity index (χ0n) is 7.08. The molecule has 0 bridgehead atoms. The van der Waals surface area contributed by atoms with Crippen molar-refractivity contribution in [2.45, 2.75) is 6.42 Å². The van der Waals surface area contributed by atoms with Crippen LogP contribution in [0.15, 0.2) is 18.2 Å². The minimum absolute atomic E-state index is 0.885.